The summed E-state index contributed by atoms with van der Waals surface area (Å²) in [5, 5.41) is 2.69. The number of halogens is 1. The van der Waals surface area contributed by atoms with Crippen LogP contribution >= 0.6 is 0 Å². The van der Waals surface area contributed by atoms with Crippen LogP contribution in [0.15, 0.2) is 36.9 Å². The van der Waals surface area contributed by atoms with E-state index in [9.17, 15) is 14.0 Å². The van der Waals surface area contributed by atoms with E-state index in [2.05, 4.69) is 11.9 Å². The quantitative estimate of drug-likeness (QED) is 0.790. The smallest absolute Gasteiger partial charge is 0.237 e. The predicted octanol–water partition coefficient (Wildman–Crippen LogP) is 0.772. The molecule has 1 aromatic carbocycles. The minimum Gasteiger partial charge on any atom is -0.352 e. The summed E-state index contributed by atoms with van der Waals surface area (Å²) in [5.74, 6) is -0.419. The third kappa shape index (κ3) is 4.66. The zero-order valence-electron chi connectivity index (χ0n) is 12.4. The van der Waals surface area contributed by atoms with Crippen molar-refractivity contribution in [3.8, 4) is 0 Å². The molecule has 2 amide bonds. The minimum absolute atomic E-state index is 0.0212. The molecule has 22 heavy (non-hydrogen) atoms. The highest BCUT2D eigenvalue weighted by Gasteiger charge is 2.25. The minimum atomic E-state index is -0.287. The fourth-order valence-electron chi connectivity index (χ4n) is 2.31. The van der Waals surface area contributed by atoms with E-state index in [0.29, 0.717) is 26.2 Å². The summed E-state index contributed by atoms with van der Waals surface area (Å²) in [7, 11) is 0. The number of carbonyl (C=O) groups is 2. The number of hydrogen-bond donors (Lipinski definition) is 1. The second-order valence-corrected chi connectivity index (χ2v) is 5.25. The fourth-order valence-corrected chi connectivity index (χ4v) is 2.31. The molecule has 1 heterocycles. The van der Waals surface area contributed by atoms with Crippen LogP contribution in [0.5, 0.6) is 0 Å². The van der Waals surface area contributed by atoms with Crippen LogP contribution in [0.3, 0.4) is 0 Å². The van der Waals surface area contributed by atoms with E-state index < -0.39 is 0 Å². The standard InChI is InChI=1S/C16H20FN3O2/c1-2-7-18-15(21)11-19-8-9-20(16(22)12-19)10-13-3-5-14(17)6-4-13/h2-6H,1,7-12H2,(H,18,21). The number of hydrogen-bond acceptors (Lipinski definition) is 3. The molecule has 1 fully saturated rings. The van der Waals surface area contributed by atoms with E-state index in [1.54, 1.807) is 23.1 Å². The van der Waals surface area contributed by atoms with Crippen molar-refractivity contribution in [1.29, 1.82) is 0 Å². The molecule has 6 heteroatoms. The Morgan fingerprint density at radius 3 is 2.68 bits per heavy atom. The highest BCUT2D eigenvalue weighted by molar-refractivity contribution is 5.82. The van der Waals surface area contributed by atoms with Gasteiger partial charge in [0.15, 0.2) is 0 Å². The average Bonchev–Trinajstić information content (AvgIpc) is 2.50. The van der Waals surface area contributed by atoms with Gasteiger partial charge in [0.05, 0.1) is 13.1 Å². The second kappa shape index (κ2) is 7.70. The maximum absolute atomic E-state index is 12.9. The highest BCUT2D eigenvalue weighted by Crippen LogP contribution is 2.10. The molecule has 0 radical (unpaired) electrons. The van der Waals surface area contributed by atoms with Gasteiger partial charge in [0.25, 0.3) is 0 Å². The maximum Gasteiger partial charge on any atom is 0.237 e. The van der Waals surface area contributed by atoms with Crippen molar-refractivity contribution < 1.29 is 14.0 Å². The monoisotopic (exact) mass is 305 g/mol. The van der Waals surface area contributed by atoms with Crippen molar-refractivity contribution in [3.05, 3.63) is 48.3 Å². The molecule has 0 atom stereocenters. The number of nitrogens with zero attached hydrogens (tertiary/aromatic N) is 2. The first-order valence-corrected chi connectivity index (χ1v) is 7.20. The lowest BCUT2D eigenvalue weighted by atomic mass is 10.2. The maximum atomic E-state index is 12.9. The Hall–Kier alpha value is -2.21. The SMILES string of the molecule is C=CCNC(=O)CN1CCN(Cc2ccc(F)cc2)C(=O)C1. The van der Waals surface area contributed by atoms with Gasteiger partial charge in [0, 0.05) is 26.2 Å². The van der Waals surface area contributed by atoms with Crippen molar-refractivity contribution in [2.45, 2.75) is 6.54 Å². The predicted molar refractivity (Wildman–Crippen MR) is 81.5 cm³/mol. The molecule has 0 aliphatic carbocycles. The molecule has 1 aliphatic rings. The summed E-state index contributed by atoms with van der Waals surface area (Å²) < 4.78 is 12.9. The Bertz CT molecular complexity index is 545. The Kier molecular flexibility index (Phi) is 5.66. The summed E-state index contributed by atoms with van der Waals surface area (Å²) in [6.07, 6.45) is 1.61. The Morgan fingerprint density at radius 1 is 1.32 bits per heavy atom. The molecule has 0 aromatic heterocycles. The van der Waals surface area contributed by atoms with Crippen LogP contribution in [-0.4, -0.2) is 54.3 Å². The first kappa shape index (κ1) is 16.2. The molecular formula is C16H20FN3O2. The Labute approximate surface area is 129 Å². The lowest BCUT2D eigenvalue weighted by molar-refractivity contribution is -0.137. The molecule has 1 saturated heterocycles. The summed E-state index contributed by atoms with van der Waals surface area (Å²) in [4.78, 5) is 27.3. The third-order valence-electron chi connectivity index (χ3n) is 3.50. The lowest BCUT2D eigenvalue weighted by Crippen LogP contribution is -2.52. The van der Waals surface area contributed by atoms with Crippen molar-refractivity contribution in [1.82, 2.24) is 15.1 Å². The summed E-state index contributed by atoms with van der Waals surface area (Å²) in [6, 6.07) is 6.13. The van der Waals surface area contributed by atoms with Crippen LogP contribution < -0.4 is 5.32 Å². The molecule has 0 saturated carbocycles. The van der Waals surface area contributed by atoms with Crippen LogP contribution in [0.2, 0.25) is 0 Å². The molecule has 5 nitrogen and oxygen atoms in total. The summed E-state index contributed by atoms with van der Waals surface area (Å²) >= 11 is 0. The van der Waals surface area contributed by atoms with Crippen LogP contribution in [-0.2, 0) is 16.1 Å². The molecule has 0 bridgehead atoms. The van der Waals surface area contributed by atoms with Crippen molar-refractivity contribution >= 4 is 11.8 Å². The van der Waals surface area contributed by atoms with Crippen molar-refractivity contribution in [3.63, 3.8) is 0 Å². The van der Waals surface area contributed by atoms with Gasteiger partial charge >= 0.3 is 0 Å². The van der Waals surface area contributed by atoms with Gasteiger partial charge in [-0.2, -0.15) is 0 Å². The number of amides is 2. The number of nitrogens with one attached hydrogen (secondary N) is 1. The molecule has 1 aromatic rings. The Balaban J connectivity index is 1.82. The second-order valence-electron chi connectivity index (χ2n) is 5.25. The van der Waals surface area contributed by atoms with Gasteiger partial charge in [-0.05, 0) is 17.7 Å². The van der Waals surface area contributed by atoms with E-state index in [4.69, 9.17) is 0 Å². The number of piperazine rings is 1. The van der Waals surface area contributed by atoms with E-state index in [0.717, 1.165) is 5.56 Å². The molecule has 0 spiro atoms. The van der Waals surface area contributed by atoms with Gasteiger partial charge in [0.1, 0.15) is 5.82 Å². The van der Waals surface area contributed by atoms with Gasteiger partial charge in [-0.25, -0.2) is 4.39 Å². The van der Waals surface area contributed by atoms with E-state index in [1.807, 2.05) is 4.90 Å². The lowest BCUT2D eigenvalue weighted by Gasteiger charge is -2.34. The van der Waals surface area contributed by atoms with Gasteiger partial charge in [-0.15, -0.1) is 6.58 Å². The van der Waals surface area contributed by atoms with Gasteiger partial charge in [-0.3, -0.25) is 14.5 Å². The van der Waals surface area contributed by atoms with E-state index in [-0.39, 0.29) is 30.7 Å². The number of benzene rings is 1. The normalized spacial score (nSPS) is 15.7. The first-order chi connectivity index (χ1) is 10.6. The van der Waals surface area contributed by atoms with Gasteiger partial charge in [-0.1, -0.05) is 18.2 Å². The molecule has 2 rings (SSSR count). The van der Waals surface area contributed by atoms with Gasteiger partial charge in [0.2, 0.25) is 11.8 Å². The van der Waals surface area contributed by atoms with Crippen LogP contribution in [0.25, 0.3) is 0 Å². The average molecular weight is 305 g/mol. The summed E-state index contributed by atoms with van der Waals surface area (Å²) in [6.45, 7) is 6.07. The van der Waals surface area contributed by atoms with E-state index >= 15 is 0 Å². The zero-order chi connectivity index (χ0) is 15.9. The number of rotatable bonds is 6. The Morgan fingerprint density at radius 2 is 2.05 bits per heavy atom. The third-order valence-corrected chi connectivity index (χ3v) is 3.50. The fraction of sp³-hybridized carbons (Fsp3) is 0.375. The van der Waals surface area contributed by atoms with Crippen LogP contribution in [0.4, 0.5) is 4.39 Å². The number of carbonyl (C=O) groups excluding carboxylic acids is 2. The zero-order valence-corrected chi connectivity index (χ0v) is 12.4. The summed E-state index contributed by atoms with van der Waals surface area (Å²) in [5.41, 5.74) is 0.895. The highest BCUT2D eigenvalue weighted by atomic mass is 19.1. The van der Waals surface area contributed by atoms with Crippen LogP contribution in [0.1, 0.15) is 5.56 Å². The molecule has 1 aliphatic heterocycles. The van der Waals surface area contributed by atoms with Gasteiger partial charge < -0.3 is 10.2 Å². The first-order valence-electron chi connectivity index (χ1n) is 7.20. The van der Waals surface area contributed by atoms with Crippen molar-refractivity contribution in [2.75, 3.05) is 32.7 Å². The van der Waals surface area contributed by atoms with Crippen molar-refractivity contribution in [2.24, 2.45) is 0 Å². The topological polar surface area (TPSA) is 52.7 Å². The molecule has 1 N–H and O–H groups in total. The van der Waals surface area contributed by atoms with E-state index in [1.165, 1.54) is 12.1 Å². The van der Waals surface area contributed by atoms with Crippen LogP contribution in [0, 0.1) is 5.82 Å². The molecule has 0 unspecified atom stereocenters. The molecular weight excluding hydrogens is 285 g/mol. The largest absolute Gasteiger partial charge is 0.352 e. The molecule has 118 valence electrons.